The molecule has 1 N–H and O–H groups in total. The van der Waals surface area contributed by atoms with Gasteiger partial charge in [0.25, 0.3) is 0 Å². The first kappa shape index (κ1) is 15.7. The van der Waals surface area contributed by atoms with Crippen LogP contribution >= 0.6 is 11.3 Å². The molecule has 0 spiro atoms. The molecule has 7 heteroatoms. The quantitative estimate of drug-likeness (QED) is 0.774. The Labute approximate surface area is 148 Å². The minimum atomic E-state index is -1.02. The number of nitrogens with zero attached hydrogens (tertiary/aromatic N) is 2. The van der Waals surface area contributed by atoms with Crippen molar-refractivity contribution in [3.05, 3.63) is 41.0 Å². The van der Waals surface area contributed by atoms with Crippen molar-refractivity contribution in [1.29, 1.82) is 0 Å². The van der Waals surface area contributed by atoms with Crippen LogP contribution in [-0.2, 0) is 13.0 Å². The fraction of sp³-hybridized carbons (Fsp3) is 0.222. The summed E-state index contributed by atoms with van der Waals surface area (Å²) < 4.78 is 12.6. The number of carboxylic acid groups (broad SMARTS) is 1. The Bertz CT molecular complexity index is 960. The highest BCUT2D eigenvalue weighted by Gasteiger charge is 2.29. The zero-order valence-electron chi connectivity index (χ0n) is 13.8. The van der Waals surface area contributed by atoms with Gasteiger partial charge in [0.2, 0.25) is 5.82 Å². The van der Waals surface area contributed by atoms with Crippen LogP contribution in [0.15, 0.2) is 29.6 Å². The van der Waals surface area contributed by atoms with E-state index in [0.717, 1.165) is 21.7 Å². The molecule has 1 aliphatic heterocycles. The molecular weight excluding hydrogens is 340 g/mol. The van der Waals surface area contributed by atoms with Crippen LogP contribution in [0.25, 0.3) is 21.8 Å². The highest BCUT2D eigenvalue weighted by molar-refractivity contribution is 7.13. The first-order valence-electron chi connectivity index (χ1n) is 7.77. The second-order valence-corrected chi connectivity index (χ2v) is 6.63. The molecule has 1 aromatic carbocycles. The van der Waals surface area contributed by atoms with E-state index in [-0.39, 0.29) is 5.82 Å². The molecule has 1 aliphatic rings. The summed E-state index contributed by atoms with van der Waals surface area (Å²) in [6.07, 6.45) is 0.712. The van der Waals surface area contributed by atoms with Gasteiger partial charge >= 0.3 is 5.97 Å². The third-order valence-electron chi connectivity index (χ3n) is 4.38. The van der Waals surface area contributed by atoms with E-state index in [1.54, 1.807) is 30.1 Å². The number of ether oxygens (including phenoxy) is 2. The van der Waals surface area contributed by atoms with Gasteiger partial charge in [0.05, 0.1) is 24.8 Å². The van der Waals surface area contributed by atoms with Gasteiger partial charge < -0.3 is 19.1 Å². The van der Waals surface area contributed by atoms with Crippen LogP contribution in [0.1, 0.15) is 16.2 Å². The van der Waals surface area contributed by atoms with E-state index in [9.17, 15) is 9.90 Å². The normalized spacial score (nSPS) is 12.4. The molecule has 2 aromatic heterocycles. The molecule has 6 nitrogen and oxygen atoms in total. The fourth-order valence-electron chi connectivity index (χ4n) is 3.27. The lowest BCUT2D eigenvalue weighted by molar-refractivity contribution is 0.0678. The summed E-state index contributed by atoms with van der Waals surface area (Å²) in [7, 11) is 3.20. The molecule has 0 unspecified atom stereocenters. The molecule has 3 heterocycles. The predicted octanol–water partition coefficient (Wildman–Crippen LogP) is 3.55. The molecule has 0 saturated heterocycles. The monoisotopic (exact) mass is 356 g/mol. The third-order valence-corrected chi connectivity index (χ3v) is 5.26. The lowest BCUT2D eigenvalue weighted by Crippen LogP contribution is -2.16. The van der Waals surface area contributed by atoms with E-state index in [4.69, 9.17) is 9.47 Å². The lowest BCUT2D eigenvalue weighted by Gasteiger charge is -2.22. The van der Waals surface area contributed by atoms with Crippen LogP contribution in [0.3, 0.4) is 0 Å². The number of aromatic carboxylic acids is 1. The standard InChI is InChI=1S/C18H16N2O4S/c1-23-12-8-10-5-6-20-16(11(10)9-13(12)24-2)15(14-4-3-7-25-14)19-17(20)18(21)22/h3-4,7-9H,5-6H2,1-2H3,(H,21,22). The van der Waals surface area contributed by atoms with E-state index >= 15 is 0 Å². The number of aryl methyl sites for hydroxylation is 1. The van der Waals surface area contributed by atoms with Crippen molar-refractivity contribution in [2.75, 3.05) is 14.2 Å². The number of benzene rings is 1. The van der Waals surface area contributed by atoms with Crippen molar-refractivity contribution in [3.8, 4) is 33.3 Å². The molecule has 0 amide bonds. The van der Waals surface area contributed by atoms with Gasteiger partial charge in [-0.1, -0.05) is 6.07 Å². The number of carboxylic acids is 1. The van der Waals surface area contributed by atoms with Crippen molar-refractivity contribution in [2.45, 2.75) is 13.0 Å². The Morgan fingerprint density at radius 1 is 1.28 bits per heavy atom. The Balaban J connectivity index is 2.02. The molecule has 0 atom stereocenters. The number of thiophene rings is 1. The number of imidazole rings is 1. The van der Waals surface area contributed by atoms with Crippen LogP contribution < -0.4 is 9.47 Å². The Morgan fingerprint density at radius 3 is 2.68 bits per heavy atom. The average molecular weight is 356 g/mol. The summed E-state index contributed by atoms with van der Waals surface area (Å²) in [5.74, 6) is 0.335. The van der Waals surface area contributed by atoms with Crippen molar-refractivity contribution in [1.82, 2.24) is 9.55 Å². The molecule has 4 rings (SSSR count). The molecular formula is C18H16N2O4S. The van der Waals surface area contributed by atoms with Crippen LogP contribution in [0.2, 0.25) is 0 Å². The van der Waals surface area contributed by atoms with Gasteiger partial charge in [0, 0.05) is 12.1 Å². The van der Waals surface area contributed by atoms with E-state index < -0.39 is 5.97 Å². The molecule has 128 valence electrons. The average Bonchev–Trinajstić information content (AvgIpc) is 3.27. The second-order valence-electron chi connectivity index (χ2n) is 5.68. The van der Waals surface area contributed by atoms with E-state index in [1.165, 1.54) is 0 Å². The van der Waals surface area contributed by atoms with Crippen LogP contribution in [0.4, 0.5) is 0 Å². The van der Waals surface area contributed by atoms with E-state index in [1.807, 2.05) is 29.6 Å². The number of fused-ring (bicyclic) bond motifs is 3. The van der Waals surface area contributed by atoms with Crippen LogP contribution in [0, 0.1) is 0 Å². The summed E-state index contributed by atoms with van der Waals surface area (Å²) >= 11 is 1.54. The number of methoxy groups -OCH3 is 2. The van der Waals surface area contributed by atoms with Crippen molar-refractivity contribution in [2.24, 2.45) is 0 Å². The molecule has 0 fully saturated rings. The molecule has 0 aliphatic carbocycles. The van der Waals surface area contributed by atoms with Crippen molar-refractivity contribution >= 4 is 17.3 Å². The Kier molecular flexibility index (Phi) is 3.73. The smallest absolute Gasteiger partial charge is 0.372 e. The Hall–Kier alpha value is -2.80. The highest BCUT2D eigenvalue weighted by atomic mass is 32.1. The van der Waals surface area contributed by atoms with Gasteiger partial charge in [0.15, 0.2) is 11.5 Å². The number of hydrogen-bond acceptors (Lipinski definition) is 5. The second kappa shape index (κ2) is 5.93. The number of hydrogen-bond donors (Lipinski definition) is 1. The minimum absolute atomic E-state index is 0.0684. The highest BCUT2D eigenvalue weighted by Crippen LogP contribution is 2.43. The molecule has 3 aromatic rings. The fourth-order valence-corrected chi connectivity index (χ4v) is 3.99. The first-order chi connectivity index (χ1) is 12.1. The van der Waals surface area contributed by atoms with Gasteiger partial charge in [-0.3, -0.25) is 0 Å². The van der Waals surface area contributed by atoms with E-state index in [0.29, 0.717) is 30.2 Å². The third kappa shape index (κ3) is 2.39. The zero-order chi connectivity index (χ0) is 17.6. The van der Waals surface area contributed by atoms with Gasteiger partial charge in [-0.2, -0.15) is 0 Å². The summed E-state index contributed by atoms with van der Waals surface area (Å²) in [5, 5.41) is 11.5. The van der Waals surface area contributed by atoms with E-state index in [2.05, 4.69) is 4.98 Å². The summed E-state index contributed by atoms with van der Waals surface area (Å²) in [6.45, 7) is 0.567. The van der Waals surface area contributed by atoms with Crippen molar-refractivity contribution in [3.63, 3.8) is 0 Å². The topological polar surface area (TPSA) is 73.6 Å². The number of carbonyl (C=O) groups is 1. The first-order valence-corrected chi connectivity index (χ1v) is 8.65. The molecule has 0 radical (unpaired) electrons. The number of rotatable bonds is 4. The van der Waals surface area contributed by atoms with Gasteiger partial charge in [-0.25, -0.2) is 9.78 Å². The van der Waals surface area contributed by atoms with Crippen LogP contribution in [0.5, 0.6) is 11.5 Å². The van der Waals surface area contributed by atoms with Crippen molar-refractivity contribution < 1.29 is 19.4 Å². The Morgan fingerprint density at radius 2 is 2.04 bits per heavy atom. The zero-order valence-corrected chi connectivity index (χ0v) is 14.6. The van der Waals surface area contributed by atoms with Gasteiger partial charge in [0.1, 0.15) is 5.69 Å². The van der Waals surface area contributed by atoms with Gasteiger partial charge in [-0.05, 0) is 35.6 Å². The van der Waals surface area contributed by atoms with Crippen LogP contribution in [-0.4, -0.2) is 34.8 Å². The maximum absolute atomic E-state index is 11.7. The van der Waals surface area contributed by atoms with Gasteiger partial charge in [-0.15, -0.1) is 11.3 Å². The predicted molar refractivity (Wildman–Crippen MR) is 94.7 cm³/mol. The summed E-state index contributed by atoms with van der Waals surface area (Å²) in [6, 6.07) is 7.76. The molecule has 0 saturated carbocycles. The summed E-state index contributed by atoms with van der Waals surface area (Å²) in [4.78, 5) is 17.0. The molecule has 0 bridgehead atoms. The molecule has 25 heavy (non-hydrogen) atoms. The maximum atomic E-state index is 11.7. The largest absolute Gasteiger partial charge is 0.493 e. The lowest BCUT2D eigenvalue weighted by atomic mass is 9.96. The summed E-state index contributed by atoms with van der Waals surface area (Å²) in [5.41, 5.74) is 3.55. The number of aromatic nitrogens is 2. The maximum Gasteiger partial charge on any atom is 0.372 e. The SMILES string of the molecule is COc1cc2c(cc1OC)-c1c(-c3cccs3)nc(C(=O)O)n1CC2. The minimum Gasteiger partial charge on any atom is -0.493 e.